The van der Waals surface area contributed by atoms with Crippen LogP contribution in [-0.2, 0) is 16.6 Å². The van der Waals surface area contributed by atoms with Gasteiger partial charge in [-0.15, -0.1) is 0 Å². The summed E-state index contributed by atoms with van der Waals surface area (Å²) in [4.78, 5) is 38.4. The van der Waals surface area contributed by atoms with Crippen LogP contribution in [0.25, 0.3) is 11.0 Å². The van der Waals surface area contributed by atoms with Crippen molar-refractivity contribution in [3.8, 4) is 0 Å². The molecule has 0 spiro atoms. The van der Waals surface area contributed by atoms with Gasteiger partial charge in [0.15, 0.2) is 0 Å². The van der Waals surface area contributed by atoms with Gasteiger partial charge in [-0.05, 0) is 37.5 Å². The van der Waals surface area contributed by atoms with E-state index in [0.717, 1.165) is 36.7 Å². The molecule has 184 valence electrons. The molecule has 2 aliphatic rings. The number of carbonyl (C=O) groups excluding carboxylic acids is 2. The van der Waals surface area contributed by atoms with Crippen LogP contribution >= 0.6 is 0 Å². The number of hydrogen-bond donors (Lipinski definition) is 3. The first-order valence-corrected chi connectivity index (χ1v) is 12.4. The van der Waals surface area contributed by atoms with Crippen molar-refractivity contribution in [2.24, 2.45) is 7.05 Å². The highest BCUT2D eigenvalue weighted by atomic mass is 16.3. The van der Waals surface area contributed by atoms with Crippen molar-refractivity contribution in [3.05, 3.63) is 54.4 Å². The molecule has 9 nitrogen and oxygen atoms in total. The lowest BCUT2D eigenvalue weighted by atomic mass is 9.94. The monoisotopic (exact) mass is 476 g/mol. The molecule has 3 heterocycles. The molecule has 3 aromatic rings. The molecule has 2 aromatic heterocycles. The number of hydrogen-bond acceptors (Lipinski definition) is 6. The molecule has 2 fully saturated rings. The Morgan fingerprint density at radius 1 is 1.17 bits per heavy atom. The number of benzene rings is 1. The second-order valence-corrected chi connectivity index (χ2v) is 9.55. The summed E-state index contributed by atoms with van der Waals surface area (Å²) in [6.07, 6.45) is 8.16. The molecule has 3 atom stereocenters. The van der Waals surface area contributed by atoms with Gasteiger partial charge in [0.25, 0.3) is 0 Å². The molecular formula is C26H32N6O3. The maximum Gasteiger partial charge on any atom is 0.248 e. The van der Waals surface area contributed by atoms with Gasteiger partial charge in [-0.1, -0.05) is 37.5 Å². The van der Waals surface area contributed by atoms with Crippen molar-refractivity contribution < 1.29 is 14.7 Å². The molecule has 1 aromatic carbocycles. The van der Waals surface area contributed by atoms with Gasteiger partial charge in [0.2, 0.25) is 17.8 Å². The Morgan fingerprint density at radius 3 is 2.66 bits per heavy atom. The SMILES string of the molecule is Cn1c(N(C(=O)C2CC(O)CN2)C(C(=O)NC2CCCCC2)c2cccnc2)nc2ccccc21. The number of aliphatic hydroxyl groups excluding tert-OH is 1. The topological polar surface area (TPSA) is 112 Å². The zero-order chi connectivity index (χ0) is 24.4. The van der Waals surface area contributed by atoms with Crippen molar-refractivity contribution in [2.45, 2.75) is 62.8 Å². The lowest BCUT2D eigenvalue weighted by Crippen LogP contribution is -2.52. The van der Waals surface area contributed by atoms with E-state index in [9.17, 15) is 14.7 Å². The van der Waals surface area contributed by atoms with E-state index in [0.29, 0.717) is 18.1 Å². The molecule has 1 saturated carbocycles. The maximum absolute atomic E-state index is 14.0. The minimum atomic E-state index is -0.951. The van der Waals surface area contributed by atoms with E-state index in [1.54, 1.807) is 18.5 Å². The zero-order valence-electron chi connectivity index (χ0n) is 19.9. The van der Waals surface area contributed by atoms with Crippen LogP contribution in [0, 0.1) is 0 Å². The number of nitrogens with zero attached hydrogens (tertiary/aromatic N) is 4. The van der Waals surface area contributed by atoms with Crippen molar-refractivity contribution >= 4 is 28.8 Å². The number of pyridine rings is 1. The molecule has 35 heavy (non-hydrogen) atoms. The Balaban J connectivity index is 1.60. The fourth-order valence-electron chi connectivity index (χ4n) is 5.25. The number of aryl methyl sites for hydroxylation is 1. The summed E-state index contributed by atoms with van der Waals surface area (Å²) >= 11 is 0. The van der Waals surface area contributed by atoms with E-state index >= 15 is 0 Å². The first-order valence-electron chi connectivity index (χ1n) is 12.4. The average Bonchev–Trinajstić information content (AvgIpc) is 3.46. The number of para-hydroxylation sites is 2. The van der Waals surface area contributed by atoms with Gasteiger partial charge in [0.1, 0.15) is 6.04 Å². The lowest BCUT2D eigenvalue weighted by molar-refractivity contribution is -0.128. The summed E-state index contributed by atoms with van der Waals surface area (Å²) in [5.74, 6) is -0.163. The number of carbonyl (C=O) groups is 2. The third-order valence-electron chi connectivity index (χ3n) is 7.08. The van der Waals surface area contributed by atoms with Crippen LogP contribution in [0.4, 0.5) is 5.95 Å². The molecule has 3 N–H and O–H groups in total. The van der Waals surface area contributed by atoms with Gasteiger partial charge >= 0.3 is 0 Å². The van der Waals surface area contributed by atoms with Crippen molar-refractivity contribution in [3.63, 3.8) is 0 Å². The summed E-state index contributed by atoms with van der Waals surface area (Å²) in [6.45, 7) is 0.332. The average molecular weight is 477 g/mol. The first-order chi connectivity index (χ1) is 17.0. The molecule has 0 radical (unpaired) electrons. The summed E-state index contributed by atoms with van der Waals surface area (Å²) < 4.78 is 1.84. The Kier molecular flexibility index (Phi) is 6.79. The maximum atomic E-state index is 14.0. The fourth-order valence-corrected chi connectivity index (χ4v) is 5.25. The Hall–Kier alpha value is -3.30. The Labute approximate surface area is 204 Å². The van der Waals surface area contributed by atoms with E-state index in [1.807, 2.05) is 41.9 Å². The molecule has 2 amide bonds. The van der Waals surface area contributed by atoms with Crippen LogP contribution in [0.5, 0.6) is 0 Å². The van der Waals surface area contributed by atoms with E-state index in [1.165, 1.54) is 11.3 Å². The van der Waals surface area contributed by atoms with Crippen molar-refractivity contribution in [1.82, 2.24) is 25.2 Å². The van der Waals surface area contributed by atoms with Crippen LogP contribution in [0.1, 0.15) is 50.1 Å². The molecule has 9 heteroatoms. The number of nitrogens with one attached hydrogen (secondary N) is 2. The predicted molar refractivity (Wildman–Crippen MR) is 133 cm³/mol. The normalized spacial score (nSPS) is 21.7. The summed E-state index contributed by atoms with van der Waals surface area (Å²) in [5.41, 5.74) is 2.21. The minimum absolute atomic E-state index is 0.0826. The molecular weight excluding hydrogens is 444 g/mol. The number of anilines is 1. The van der Waals surface area contributed by atoms with Gasteiger partial charge in [-0.25, -0.2) is 4.98 Å². The molecule has 1 saturated heterocycles. The largest absolute Gasteiger partial charge is 0.392 e. The van der Waals surface area contributed by atoms with Crippen LogP contribution in [0.15, 0.2) is 48.8 Å². The first kappa shape index (κ1) is 23.4. The second-order valence-electron chi connectivity index (χ2n) is 9.55. The van der Waals surface area contributed by atoms with Crippen molar-refractivity contribution in [2.75, 3.05) is 11.4 Å². The number of β-amino-alcohol motifs (C(OH)–C–C–N with tert-alkyl or cyclic N) is 1. The minimum Gasteiger partial charge on any atom is -0.392 e. The fraction of sp³-hybridized carbons (Fsp3) is 0.462. The highest BCUT2D eigenvalue weighted by Gasteiger charge is 2.41. The number of rotatable bonds is 6. The van der Waals surface area contributed by atoms with Gasteiger partial charge in [-0.3, -0.25) is 19.5 Å². The standard InChI is InChI=1S/C26H32N6O3/c1-31-22-12-6-5-11-20(22)30-26(31)32(25(35)21-14-19(33)16-28-21)23(17-8-7-13-27-15-17)24(34)29-18-9-3-2-4-10-18/h5-8,11-13,15,18-19,21,23,28,33H,2-4,9-10,14,16H2,1H3,(H,29,34). The predicted octanol–water partition coefficient (Wildman–Crippen LogP) is 2.21. The number of imidazole rings is 1. The molecule has 1 aliphatic heterocycles. The van der Waals surface area contributed by atoms with Crippen LogP contribution in [-0.4, -0.2) is 56.2 Å². The van der Waals surface area contributed by atoms with Gasteiger partial charge in [0.05, 0.1) is 23.2 Å². The van der Waals surface area contributed by atoms with E-state index in [2.05, 4.69) is 15.6 Å². The molecule has 1 aliphatic carbocycles. The van der Waals surface area contributed by atoms with Crippen molar-refractivity contribution in [1.29, 1.82) is 0 Å². The van der Waals surface area contributed by atoms with E-state index in [4.69, 9.17) is 4.98 Å². The van der Waals surface area contributed by atoms with Crippen LogP contribution in [0.2, 0.25) is 0 Å². The van der Waals surface area contributed by atoms with E-state index in [-0.39, 0.29) is 24.3 Å². The zero-order valence-corrected chi connectivity index (χ0v) is 19.9. The highest BCUT2D eigenvalue weighted by Crippen LogP contribution is 2.32. The van der Waals surface area contributed by atoms with Gasteiger partial charge < -0.3 is 20.3 Å². The number of fused-ring (bicyclic) bond motifs is 1. The second kappa shape index (κ2) is 10.1. The summed E-state index contributed by atoms with van der Waals surface area (Å²) in [5, 5.41) is 16.4. The molecule has 3 unspecified atom stereocenters. The third kappa shape index (κ3) is 4.78. The molecule has 5 rings (SSSR count). The number of amides is 2. The van der Waals surface area contributed by atoms with Crippen LogP contribution < -0.4 is 15.5 Å². The summed E-state index contributed by atoms with van der Waals surface area (Å²) in [6, 6.07) is 9.74. The summed E-state index contributed by atoms with van der Waals surface area (Å²) in [7, 11) is 1.85. The number of aliphatic hydroxyl groups is 1. The third-order valence-corrected chi connectivity index (χ3v) is 7.08. The van der Waals surface area contributed by atoms with Gasteiger partial charge in [-0.2, -0.15) is 0 Å². The Bertz CT molecular complexity index is 1190. The highest BCUT2D eigenvalue weighted by molar-refractivity contribution is 6.03. The van der Waals surface area contributed by atoms with Crippen LogP contribution in [0.3, 0.4) is 0 Å². The van der Waals surface area contributed by atoms with Gasteiger partial charge in [0, 0.05) is 37.6 Å². The lowest BCUT2D eigenvalue weighted by Gasteiger charge is -2.33. The molecule has 0 bridgehead atoms. The quantitative estimate of drug-likeness (QED) is 0.503. The number of aromatic nitrogens is 3. The van der Waals surface area contributed by atoms with E-state index < -0.39 is 18.2 Å². The smallest absolute Gasteiger partial charge is 0.248 e. The Morgan fingerprint density at radius 2 is 1.97 bits per heavy atom.